The molecule has 23 heteroatoms. The van der Waals surface area contributed by atoms with Gasteiger partial charge in [0.25, 0.3) is 5.91 Å². The van der Waals surface area contributed by atoms with Gasteiger partial charge in [-0.15, -0.1) is 0 Å². The highest BCUT2D eigenvalue weighted by Crippen LogP contribution is 2.65. The van der Waals surface area contributed by atoms with Crippen LogP contribution in [0.1, 0.15) is 140 Å². The second kappa shape index (κ2) is 25.9. The number of aliphatic hydroxyl groups is 1. The summed E-state index contributed by atoms with van der Waals surface area (Å²) in [5, 5.41) is 29.3. The summed E-state index contributed by atoms with van der Waals surface area (Å²) in [7, 11) is 0. The highest BCUT2D eigenvalue weighted by molar-refractivity contribution is 9.10. The second-order valence-electron chi connectivity index (χ2n) is 23.5. The number of carbonyl (C=O) groups is 10. The molecular weight excluding hydrogens is 1160 g/mol. The van der Waals surface area contributed by atoms with Crippen molar-refractivity contribution in [3.63, 3.8) is 0 Å². The van der Waals surface area contributed by atoms with E-state index in [2.05, 4.69) is 31.5 Å². The lowest BCUT2D eigenvalue weighted by molar-refractivity contribution is -0.346. The summed E-state index contributed by atoms with van der Waals surface area (Å²) in [6.45, 7) is 14.7. The van der Waals surface area contributed by atoms with Crippen molar-refractivity contribution in [2.45, 2.75) is 168 Å². The molecule has 452 valence electrons. The van der Waals surface area contributed by atoms with Crippen molar-refractivity contribution in [2.75, 3.05) is 6.61 Å². The van der Waals surface area contributed by atoms with Gasteiger partial charge in [-0.3, -0.25) is 43.3 Å². The Kier molecular flexibility index (Phi) is 19.8. The average Bonchev–Trinajstić information content (AvgIpc) is 0.679. The van der Waals surface area contributed by atoms with Crippen LogP contribution in [0.3, 0.4) is 0 Å². The number of benzene rings is 2. The molecule has 1 aliphatic heterocycles. The van der Waals surface area contributed by atoms with Crippen molar-refractivity contribution < 1.29 is 91.3 Å². The molecule has 2 aromatic carbocycles. The Morgan fingerprint density at radius 2 is 1.44 bits per heavy atom. The van der Waals surface area contributed by atoms with Crippen LogP contribution in [0.5, 0.6) is 0 Å². The van der Waals surface area contributed by atoms with Gasteiger partial charge >= 0.3 is 41.8 Å². The van der Waals surface area contributed by atoms with Gasteiger partial charge in [-0.2, -0.15) is 0 Å². The molecule has 3 aromatic rings. The molecule has 12 atom stereocenters. The summed E-state index contributed by atoms with van der Waals surface area (Å²) in [4.78, 5) is 146. The average molecular weight is 1230 g/mol. The Morgan fingerprint density at radius 3 is 2.01 bits per heavy atom. The van der Waals surface area contributed by atoms with Crippen molar-refractivity contribution in [2.24, 2.45) is 28.6 Å². The zero-order chi connectivity index (χ0) is 61.8. The summed E-state index contributed by atoms with van der Waals surface area (Å²) in [5.41, 5.74) is -8.43. The molecule has 4 N–H and O–H groups in total. The number of Topliss-reactive ketones (excluding diaryl/α,β-unsaturated/α-hetero) is 1. The molecule has 84 heavy (non-hydrogen) atoms. The third-order valence-corrected chi connectivity index (χ3v) is 16.8. The van der Waals surface area contributed by atoms with E-state index in [1.165, 1.54) is 70.4 Å². The predicted octanol–water partition coefficient (Wildman–Crippen LogP) is 6.44. The lowest BCUT2D eigenvalue weighted by Gasteiger charge is -2.67. The van der Waals surface area contributed by atoms with Crippen LogP contribution in [0, 0.1) is 28.6 Å². The fourth-order valence-corrected chi connectivity index (χ4v) is 12.6. The zero-order valence-electron chi connectivity index (χ0n) is 48.5. The number of carbonyl (C=O) groups excluding carboxylic acids is 9. The maximum atomic E-state index is 16.4. The van der Waals surface area contributed by atoms with E-state index in [0.29, 0.717) is 4.47 Å². The number of ketones is 1. The quantitative estimate of drug-likeness (QED) is 0.0507. The number of aliphatic carboxylic acids is 1. The fourth-order valence-electron chi connectivity index (χ4n) is 12.3. The molecule has 0 unspecified atom stereocenters. The summed E-state index contributed by atoms with van der Waals surface area (Å²) in [6.07, 6.45) is -10.1. The number of fused-ring (bicyclic) bond motifs is 5. The largest absolute Gasteiger partial charge is 0.481 e. The third kappa shape index (κ3) is 13.3. The summed E-state index contributed by atoms with van der Waals surface area (Å²) in [6, 6.07) is 13.6. The number of pyridine rings is 1. The molecule has 2 saturated carbocycles. The van der Waals surface area contributed by atoms with Crippen LogP contribution in [0.15, 0.2) is 94.7 Å². The molecule has 22 nitrogen and oxygen atoms in total. The number of hydrogen-bond acceptors (Lipinski definition) is 19. The Bertz CT molecular complexity index is 3080. The third-order valence-electron chi connectivity index (χ3n) is 16.3. The van der Waals surface area contributed by atoms with Gasteiger partial charge in [0.2, 0.25) is 12.0 Å². The van der Waals surface area contributed by atoms with Crippen LogP contribution in [-0.2, 0) is 71.5 Å². The first-order valence-electron chi connectivity index (χ1n) is 27.7. The number of nitrogens with one attached hydrogen (secondary N) is 2. The molecule has 3 fully saturated rings. The topological polar surface area (TPSA) is 313 Å². The summed E-state index contributed by atoms with van der Waals surface area (Å²) < 4.78 is 44.2. The van der Waals surface area contributed by atoms with Gasteiger partial charge in [-0.25, -0.2) is 9.59 Å². The van der Waals surface area contributed by atoms with Gasteiger partial charge in [0, 0.05) is 68.2 Å². The summed E-state index contributed by atoms with van der Waals surface area (Å²) >= 11 is 3.26. The van der Waals surface area contributed by atoms with E-state index in [1.807, 2.05) is 0 Å². The number of esters is 6. The predicted molar refractivity (Wildman–Crippen MR) is 299 cm³/mol. The van der Waals surface area contributed by atoms with Gasteiger partial charge in [0.15, 0.2) is 17.5 Å². The zero-order valence-corrected chi connectivity index (χ0v) is 50.1. The molecule has 3 aliphatic carbocycles. The van der Waals surface area contributed by atoms with E-state index < -0.39 is 162 Å². The minimum Gasteiger partial charge on any atom is -0.481 e. The van der Waals surface area contributed by atoms with E-state index in [-0.39, 0.29) is 58.9 Å². The van der Waals surface area contributed by atoms with Crippen LogP contribution in [0.25, 0.3) is 0 Å². The Morgan fingerprint density at radius 1 is 0.810 bits per heavy atom. The molecule has 7 rings (SSSR count). The van der Waals surface area contributed by atoms with Crippen molar-refractivity contribution in [3.8, 4) is 0 Å². The number of hydrogen-bond donors (Lipinski definition) is 4. The van der Waals surface area contributed by atoms with Crippen molar-refractivity contribution >= 4 is 75.3 Å². The second-order valence-corrected chi connectivity index (χ2v) is 24.4. The Hall–Kier alpha value is -7.37. The Labute approximate surface area is 494 Å². The van der Waals surface area contributed by atoms with Crippen LogP contribution < -0.4 is 10.6 Å². The van der Waals surface area contributed by atoms with E-state index in [1.54, 1.807) is 64.1 Å². The highest BCUT2D eigenvalue weighted by atomic mass is 79.9. The van der Waals surface area contributed by atoms with Crippen LogP contribution in [-0.4, -0.2) is 135 Å². The molecule has 2 amide bonds. The minimum absolute atomic E-state index is 0.00819. The maximum absolute atomic E-state index is 16.4. The van der Waals surface area contributed by atoms with Crippen LogP contribution in [0.4, 0.5) is 0 Å². The van der Waals surface area contributed by atoms with Crippen molar-refractivity contribution in [1.82, 2.24) is 15.6 Å². The number of amides is 2. The number of ether oxygens (including phenoxy) is 7. The lowest BCUT2D eigenvalue weighted by Crippen LogP contribution is -2.82. The van der Waals surface area contributed by atoms with Crippen molar-refractivity contribution in [1.29, 1.82) is 0 Å². The standard InChI is InChI=1S/C61H72BrN3O19/c1-31(2)23-45(70)81-42-26-43-60(30-78-43,84-35(7)67)51-53(83-56(75)37-19-15-12-16-20-37)61(77)27-41(33(5)47(58(61,8)9)49(79-34(6)66)52(72)59(42,51)10)80-57(76)50(82-46(71)24-32(3)4)48(36-17-13-11-14-18-36)65-55(74)40(21-22-44(68)69)64-54(73)38-25-39(62)29-63-28-38/h11-20,25,28-29,31-32,40-43,48-51,53,77H,21-24,26-27,30H2,1-10H3,(H,64,73)(H,65,74)(H,68,69)/t40-,41+,42+,43-,48+,49-,50-,51+,53+,59-,60+,61-/m1/s1. The fraction of sp³-hybridized carbons (Fsp3) is 0.525. The molecule has 2 heterocycles. The lowest BCUT2D eigenvalue weighted by atomic mass is 9.44. The number of halogens is 1. The number of carboxylic acids is 1. The molecule has 0 radical (unpaired) electrons. The van der Waals surface area contributed by atoms with Crippen molar-refractivity contribution in [3.05, 3.63) is 111 Å². The minimum atomic E-state index is -2.59. The van der Waals surface area contributed by atoms with Crippen LogP contribution >= 0.6 is 15.9 Å². The highest BCUT2D eigenvalue weighted by Gasteiger charge is 2.79. The van der Waals surface area contributed by atoms with Gasteiger partial charge < -0.3 is 54.0 Å². The first kappa shape index (κ1) is 64.2. The smallest absolute Gasteiger partial charge is 0.350 e. The number of rotatable bonds is 21. The van der Waals surface area contributed by atoms with Gasteiger partial charge in [0.1, 0.15) is 42.1 Å². The molecule has 2 bridgehead atoms. The maximum Gasteiger partial charge on any atom is 0.350 e. The molecule has 1 saturated heterocycles. The number of nitrogens with zero attached hydrogens (tertiary/aromatic N) is 1. The molecule has 4 aliphatic rings. The van der Waals surface area contributed by atoms with E-state index in [0.717, 1.165) is 13.8 Å². The first-order valence-corrected chi connectivity index (χ1v) is 28.5. The first-order chi connectivity index (χ1) is 39.4. The van der Waals surface area contributed by atoms with Gasteiger partial charge in [-0.05, 0) is 82.9 Å². The molecule has 0 spiro atoms. The van der Waals surface area contributed by atoms with Crippen LogP contribution in [0.2, 0.25) is 0 Å². The molecule has 1 aromatic heterocycles. The number of aromatic nitrogens is 1. The normalized spacial score (nSPS) is 26.9. The molecular formula is C61H72BrN3O19. The van der Waals surface area contributed by atoms with Gasteiger partial charge in [0.05, 0.1) is 29.1 Å². The monoisotopic (exact) mass is 1230 g/mol. The number of carboxylic acid groups (broad SMARTS) is 1. The van der Waals surface area contributed by atoms with E-state index >= 15 is 9.59 Å². The van der Waals surface area contributed by atoms with E-state index in [9.17, 15) is 48.6 Å². The van der Waals surface area contributed by atoms with Gasteiger partial charge in [-0.1, -0.05) is 90.1 Å². The SMILES string of the molecule is CC(=O)O[C@H]1C(=O)[C@]2(C)[C@@H](OC(=O)CC(C)C)C[C@H]3OC[C@@]3(OC(C)=O)[C@H]2[C@H](OC(=O)c2ccccc2)[C@]2(O)C[C@H](OC(=O)[C@H](OC(=O)CC(C)C)[C@@H](NC(=O)[C@@H](CCC(=O)O)NC(=O)c3cncc(Br)c3)c3ccccc3)C(C)=C1C2(C)C. The summed E-state index contributed by atoms with van der Waals surface area (Å²) in [5.74, 6) is -12.1. The Balaban J connectivity index is 1.43. The van der Waals surface area contributed by atoms with E-state index in [4.69, 9.17) is 33.2 Å².